The van der Waals surface area contributed by atoms with Gasteiger partial charge < -0.3 is 20.5 Å². The number of carbonyl (C=O) groups is 1. The molecule has 5 nitrogen and oxygen atoms in total. The molecule has 0 bridgehead atoms. The monoisotopic (exact) mass is 292 g/mol. The van der Waals surface area contributed by atoms with Crippen molar-refractivity contribution in [3.8, 4) is 5.75 Å². The van der Waals surface area contributed by atoms with Gasteiger partial charge in [-0.25, -0.2) is 0 Å². The Morgan fingerprint density at radius 3 is 2.90 bits per heavy atom. The van der Waals surface area contributed by atoms with Crippen LogP contribution in [0.4, 0.5) is 0 Å². The van der Waals surface area contributed by atoms with E-state index in [0.717, 1.165) is 24.2 Å². The van der Waals surface area contributed by atoms with Crippen LogP contribution in [-0.2, 0) is 9.53 Å². The van der Waals surface area contributed by atoms with Gasteiger partial charge in [-0.2, -0.15) is 0 Å². The van der Waals surface area contributed by atoms with Crippen molar-refractivity contribution < 1.29 is 14.3 Å². The Labute approximate surface area is 125 Å². The topological polar surface area (TPSA) is 73.6 Å². The van der Waals surface area contributed by atoms with Gasteiger partial charge in [-0.05, 0) is 32.8 Å². The van der Waals surface area contributed by atoms with E-state index in [1.807, 2.05) is 38.1 Å². The first kappa shape index (κ1) is 15.8. The van der Waals surface area contributed by atoms with E-state index in [4.69, 9.17) is 15.2 Å². The summed E-state index contributed by atoms with van der Waals surface area (Å²) in [7, 11) is 0. The molecule has 1 aromatic rings. The van der Waals surface area contributed by atoms with E-state index in [2.05, 4.69) is 5.32 Å². The van der Waals surface area contributed by atoms with Gasteiger partial charge in [0.1, 0.15) is 11.9 Å². The van der Waals surface area contributed by atoms with Crippen molar-refractivity contribution in [1.82, 2.24) is 5.32 Å². The average molecular weight is 292 g/mol. The van der Waals surface area contributed by atoms with E-state index in [0.29, 0.717) is 13.2 Å². The maximum atomic E-state index is 12.2. The average Bonchev–Trinajstić information content (AvgIpc) is 2.97. The molecule has 1 aliphatic rings. The third-order valence-electron chi connectivity index (χ3n) is 3.71. The minimum atomic E-state index is -0.389. The summed E-state index contributed by atoms with van der Waals surface area (Å²) in [5.41, 5.74) is 6.54. The summed E-state index contributed by atoms with van der Waals surface area (Å²) in [6, 6.07) is 7.62. The molecular weight excluding hydrogens is 268 g/mol. The van der Waals surface area contributed by atoms with Gasteiger partial charge in [-0.3, -0.25) is 4.79 Å². The third-order valence-corrected chi connectivity index (χ3v) is 3.71. The molecule has 1 unspecified atom stereocenters. The maximum Gasteiger partial charge on any atom is 0.249 e. The lowest BCUT2D eigenvalue weighted by atomic mass is 10.1. The van der Waals surface area contributed by atoms with E-state index in [1.54, 1.807) is 0 Å². The molecule has 1 aliphatic heterocycles. The first-order chi connectivity index (χ1) is 10.2. The Kier molecular flexibility index (Phi) is 5.59. The van der Waals surface area contributed by atoms with Crippen LogP contribution in [0.1, 0.15) is 38.3 Å². The number of rotatable bonds is 6. The lowest BCUT2D eigenvalue weighted by molar-refractivity contribution is -0.132. The predicted octanol–water partition coefficient (Wildman–Crippen LogP) is 1.77. The molecule has 0 radical (unpaired) electrons. The van der Waals surface area contributed by atoms with Crippen LogP contribution >= 0.6 is 0 Å². The number of para-hydroxylation sites is 1. The first-order valence-corrected chi connectivity index (χ1v) is 7.53. The van der Waals surface area contributed by atoms with Crippen LogP contribution in [0.15, 0.2) is 24.3 Å². The minimum Gasteiger partial charge on any atom is -0.494 e. The fourth-order valence-electron chi connectivity index (χ4n) is 2.58. The zero-order chi connectivity index (χ0) is 15.2. The van der Waals surface area contributed by atoms with Crippen LogP contribution in [0.25, 0.3) is 0 Å². The molecule has 5 heteroatoms. The molecule has 21 heavy (non-hydrogen) atoms. The standard InChI is InChI=1S/C16H24N2O3/c1-3-20-14-7-5-4-6-13(14)11(2)18-16(19)15-9-8-12(10-17)21-15/h4-7,11-12,15H,3,8-10,17H2,1-2H3,(H,18,19)/t11?,12-,15+/m1/s1. The number of amides is 1. The number of hydrogen-bond acceptors (Lipinski definition) is 4. The van der Waals surface area contributed by atoms with Crippen molar-refractivity contribution in [3.63, 3.8) is 0 Å². The van der Waals surface area contributed by atoms with Gasteiger partial charge in [0, 0.05) is 12.1 Å². The van der Waals surface area contributed by atoms with Crippen LogP contribution in [0, 0.1) is 0 Å². The van der Waals surface area contributed by atoms with E-state index >= 15 is 0 Å². The van der Waals surface area contributed by atoms with E-state index < -0.39 is 0 Å². The van der Waals surface area contributed by atoms with Gasteiger partial charge in [0.2, 0.25) is 5.91 Å². The van der Waals surface area contributed by atoms with Gasteiger partial charge in [-0.1, -0.05) is 18.2 Å². The smallest absolute Gasteiger partial charge is 0.249 e. The van der Waals surface area contributed by atoms with E-state index in [9.17, 15) is 4.79 Å². The molecule has 3 N–H and O–H groups in total. The number of hydrogen-bond donors (Lipinski definition) is 2. The maximum absolute atomic E-state index is 12.2. The first-order valence-electron chi connectivity index (χ1n) is 7.53. The van der Waals surface area contributed by atoms with Crippen LogP contribution in [0.3, 0.4) is 0 Å². The Morgan fingerprint density at radius 1 is 1.48 bits per heavy atom. The van der Waals surface area contributed by atoms with Crippen molar-refractivity contribution in [2.45, 2.75) is 44.9 Å². The Morgan fingerprint density at radius 2 is 2.24 bits per heavy atom. The number of nitrogens with two attached hydrogens (primary N) is 1. The fourth-order valence-corrected chi connectivity index (χ4v) is 2.58. The van der Waals surface area contributed by atoms with Crippen LogP contribution in [-0.4, -0.2) is 31.3 Å². The van der Waals surface area contributed by atoms with Gasteiger partial charge >= 0.3 is 0 Å². The van der Waals surface area contributed by atoms with Crippen molar-refractivity contribution in [1.29, 1.82) is 0 Å². The Balaban J connectivity index is 1.98. The summed E-state index contributed by atoms with van der Waals surface area (Å²) >= 11 is 0. The molecule has 0 spiro atoms. The summed E-state index contributed by atoms with van der Waals surface area (Å²) in [6.45, 7) is 4.96. The summed E-state index contributed by atoms with van der Waals surface area (Å²) < 4.78 is 11.2. The number of nitrogens with one attached hydrogen (secondary N) is 1. The molecule has 3 atom stereocenters. The van der Waals surface area contributed by atoms with Gasteiger partial charge in [0.05, 0.1) is 18.8 Å². The molecule has 1 heterocycles. The molecule has 1 amide bonds. The number of carbonyl (C=O) groups excluding carboxylic acids is 1. The largest absolute Gasteiger partial charge is 0.494 e. The Bertz CT molecular complexity index is 478. The number of ether oxygens (including phenoxy) is 2. The van der Waals surface area contributed by atoms with E-state index in [-0.39, 0.29) is 24.2 Å². The van der Waals surface area contributed by atoms with E-state index in [1.165, 1.54) is 0 Å². The molecule has 0 aliphatic carbocycles. The molecule has 1 aromatic carbocycles. The lowest BCUT2D eigenvalue weighted by Gasteiger charge is -2.20. The molecule has 0 saturated carbocycles. The van der Waals surface area contributed by atoms with Crippen LogP contribution in [0.2, 0.25) is 0 Å². The fraction of sp³-hybridized carbons (Fsp3) is 0.562. The highest BCUT2D eigenvalue weighted by molar-refractivity contribution is 5.81. The predicted molar refractivity (Wildman–Crippen MR) is 81.1 cm³/mol. The lowest BCUT2D eigenvalue weighted by Crippen LogP contribution is -2.37. The SMILES string of the molecule is CCOc1ccccc1C(C)NC(=O)[C@@H]1CC[C@H](CN)O1. The third kappa shape index (κ3) is 3.95. The second kappa shape index (κ2) is 7.43. The summed E-state index contributed by atoms with van der Waals surface area (Å²) in [5, 5.41) is 3.00. The van der Waals surface area contributed by atoms with Crippen molar-refractivity contribution >= 4 is 5.91 Å². The quantitative estimate of drug-likeness (QED) is 0.838. The zero-order valence-corrected chi connectivity index (χ0v) is 12.7. The molecule has 116 valence electrons. The highest BCUT2D eigenvalue weighted by atomic mass is 16.5. The zero-order valence-electron chi connectivity index (χ0n) is 12.7. The van der Waals surface area contributed by atoms with Crippen LogP contribution < -0.4 is 15.8 Å². The molecular formula is C16H24N2O3. The van der Waals surface area contributed by atoms with Crippen molar-refractivity contribution in [2.24, 2.45) is 5.73 Å². The molecule has 1 fully saturated rings. The van der Waals surface area contributed by atoms with Crippen LogP contribution in [0.5, 0.6) is 5.75 Å². The minimum absolute atomic E-state index is 0.00627. The Hall–Kier alpha value is -1.59. The van der Waals surface area contributed by atoms with Gasteiger partial charge in [0.25, 0.3) is 0 Å². The summed E-state index contributed by atoms with van der Waals surface area (Å²) in [5.74, 6) is 0.727. The van der Waals surface area contributed by atoms with Crippen molar-refractivity contribution in [3.05, 3.63) is 29.8 Å². The second-order valence-electron chi connectivity index (χ2n) is 5.26. The summed E-state index contributed by atoms with van der Waals surface area (Å²) in [6.07, 6.45) is 1.19. The van der Waals surface area contributed by atoms with Crippen molar-refractivity contribution in [2.75, 3.05) is 13.2 Å². The van der Waals surface area contributed by atoms with Gasteiger partial charge in [0.15, 0.2) is 0 Å². The highest BCUT2D eigenvalue weighted by Gasteiger charge is 2.30. The van der Waals surface area contributed by atoms with Gasteiger partial charge in [-0.15, -0.1) is 0 Å². The second-order valence-corrected chi connectivity index (χ2v) is 5.26. The molecule has 0 aromatic heterocycles. The summed E-state index contributed by atoms with van der Waals surface area (Å²) in [4.78, 5) is 12.2. The molecule has 2 rings (SSSR count). The normalized spacial score (nSPS) is 22.8. The molecule has 1 saturated heterocycles. The number of benzene rings is 1. The highest BCUT2D eigenvalue weighted by Crippen LogP contribution is 2.26.